The van der Waals surface area contributed by atoms with E-state index in [4.69, 9.17) is 0 Å². The van der Waals surface area contributed by atoms with E-state index in [0.29, 0.717) is 6.54 Å². The van der Waals surface area contributed by atoms with Gasteiger partial charge in [0.05, 0.1) is 6.04 Å². The van der Waals surface area contributed by atoms with Gasteiger partial charge < -0.3 is 26.0 Å². The highest BCUT2D eigenvalue weighted by atomic mass is 19.1. The van der Waals surface area contributed by atoms with Crippen LogP contribution in [-0.2, 0) is 12.8 Å². The van der Waals surface area contributed by atoms with Crippen LogP contribution < -0.4 is 10.6 Å². The first-order chi connectivity index (χ1) is 11.1. The Labute approximate surface area is 134 Å². The summed E-state index contributed by atoms with van der Waals surface area (Å²) < 4.78 is 12.9. The van der Waals surface area contributed by atoms with E-state index in [2.05, 4.69) is 28.8 Å². The Kier molecular flexibility index (Phi) is 4.96. The second-order valence-electron chi connectivity index (χ2n) is 6.20. The minimum Gasteiger partial charge on any atom is -0.388 e. The number of alkyl halides is 1. The molecule has 0 radical (unpaired) electrons. The maximum Gasteiger partial charge on any atom is 0.113 e. The summed E-state index contributed by atoms with van der Waals surface area (Å²) >= 11 is 0. The van der Waals surface area contributed by atoms with E-state index in [1.807, 2.05) is 0 Å². The molecule has 1 aromatic rings. The zero-order chi connectivity index (χ0) is 16.4. The van der Waals surface area contributed by atoms with Gasteiger partial charge in [-0.05, 0) is 42.2 Å². The molecule has 5 N–H and O–H groups in total. The van der Waals surface area contributed by atoms with E-state index in [9.17, 15) is 19.7 Å². The van der Waals surface area contributed by atoms with Crippen LogP contribution in [0.15, 0.2) is 29.8 Å². The lowest BCUT2D eigenvalue weighted by molar-refractivity contribution is -0.0628. The van der Waals surface area contributed by atoms with Crippen LogP contribution >= 0.6 is 0 Å². The van der Waals surface area contributed by atoms with Crippen molar-refractivity contribution in [2.45, 2.75) is 37.2 Å². The fourth-order valence-electron chi connectivity index (χ4n) is 3.23. The first-order valence-electron chi connectivity index (χ1n) is 8.00. The van der Waals surface area contributed by atoms with E-state index in [1.54, 1.807) is 0 Å². The van der Waals surface area contributed by atoms with Crippen LogP contribution in [0.3, 0.4) is 0 Å². The van der Waals surface area contributed by atoms with Crippen molar-refractivity contribution in [3.05, 3.63) is 41.0 Å². The van der Waals surface area contributed by atoms with Crippen LogP contribution in [0.25, 0.3) is 0 Å². The van der Waals surface area contributed by atoms with Gasteiger partial charge in [-0.15, -0.1) is 0 Å². The van der Waals surface area contributed by atoms with Gasteiger partial charge in [-0.1, -0.05) is 18.2 Å². The smallest absolute Gasteiger partial charge is 0.113 e. The van der Waals surface area contributed by atoms with Crippen LogP contribution in [0.1, 0.15) is 11.1 Å². The summed E-state index contributed by atoms with van der Waals surface area (Å²) in [5.74, 6) is 0. The number of nitrogens with one attached hydrogen (secondary N) is 2. The molecule has 0 aromatic heterocycles. The van der Waals surface area contributed by atoms with E-state index in [-0.39, 0.29) is 5.57 Å². The summed E-state index contributed by atoms with van der Waals surface area (Å²) in [5, 5.41) is 35.9. The molecule has 126 valence electrons. The predicted octanol–water partition coefficient (Wildman–Crippen LogP) is 0.147. The number of halogens is 1. The monoisotopic (exact) mass is 322 g/mol. The highest BCUT2D eigenvalue weighted by Crippen LogP contribution is 2.24. The van der Waals surface area contributed by atoms with Gasteiger partial charge in [-0.3, -0.25) is 0 Å². The molecule has 3 rings (SSSR count). The highest BCUT2D eigenvalue weighted by Gasteiger charge is 2.36. The SMILES string of the molecule is O[C@@H]1[C@@H](O)[C@@H](O)C(CF)=C[C@H]1NCCc1ccc2c(c1)NCC2. The van der Waals surface area contributed by atoms with Gasteiger partial charge >= 0.3 is 0 Å². The maximum absolute atomic E-state index is 12.9. The maximum atomic E-state index is 12.9. The number of hydrogen-bond donors (Lipinski definition) is 5. The minimum absolute atomic E-state index is 0.113. The molecule has 0 saturated heterocycles. The summed E-state index contributed by atoms with van der Waals surface area (Å²) in [4.78, 5) is 0. The normalized spacial score (nSPS) is 29.8. The molecule has 0 amide bonds. The molecule has 0 unspecified atom stereocenters. The van der Waals surface area contributed by atoms with E-state index >= 15 is 0 Å². The number of rotatable bonds is 5. The topological polar surface area (TPSA) is 84.8 Å². The summed E-state index contributed by atoms with van der Waals surface area (Å²) in [6.07, 6.45) is -0.563. The van der Waals surface area contributed by atoms with Gasteiger partial charge in [0, 0.05) is 12.2 Å². The number of benzene rings is 1. The van der Waals surface area contributed by atoms with Gasteiger partial charge in [0.15, 0.2) is 0 Å². The summed E-state index contributed by atoms with van der Waals surface area (Å²) in [6, 6.07) is 5.78. The van der Waals surface area contributed by atoms with Crippen LogP contribution in [0.5, 0.6) is 0 Å². The Hall–Kier alpha value is -1.47. The third kappa shape index (κ3) is 3.40. The van der Waals surface area contributed by atoms with Gasteiger partial charge in [-0.25, -0.2) is 4.39 Å². The first-order valence-corrected chi connectivity index (χ1v) is 8.00. The molecule has 1 heterocycles. The summed E-state index contributed by atoms with van der Waals surface area (Å²) in [6.45, 7) is 0.724. The zero-order valence-electron chi connectivity index (χ0n) is 12.9. The van der Waals surface area contributed by atoms with Crippen LogP contribution in [0.2, 0.25) is 0 Å². The molecule has 6 heteroatoms. The Balaban J connectivity index is 1.58. The van der Waals surface area contributed by atoms with Crippen molar-refractivity contribution in [3.8, 4) is 0 Å². The van der Waals surface area contributed by atoms with E-state index in [0.717, 1.165) is 19.4 Å². The molecule has 0 bridgehead atoms. The van der Waals surface area contributed by atoms with Crippen molar-refractivity contribution in [3.63, 3.8) is 0 Å². The van der Waals surface area contributed by atoms with E-state index < -0.39 is 31.0 Å². The third-order valence-electron chi connectivity index (χ3n) is 4.65. The molecule has 4 atom stereocenters. The molecule has 1 aliphatic carbocycles. The number of fused-ring (bicyclic) bond motifs is 1. The lowest BCUT2D eigenvalue weighted by Gasteiger charge is -2.34. The largest absolute Gasteiger partial charge is 0.388 e. The highest BCUT2D eigenvalue weighted by molar-refractivity contribution is 5.57. The molecule has 2 aliphatic rings. The van der Waals surface area contributed by atoms with Crippen molar-refractivity contribution < 1.29 is 19.7 Å². The number of hydrogen-bond acceptors (Lipinski definition) is 5. The summed E-state index contributed by atoms with van der Waals surface area (Å²) in [7, 11) is 0. The average molecular weight is 322 g/mol. The van der Waals surface area contributed by atoms with Crippen LogP contribution in [0.4, 0.5) is 10.1 Å². The van der Waals surface area contributed by atoms with Crippen molar-refractivity contribution in [2.24, 2.45) is 0 Å². The molecule has 0 spiro atoms. The molecule has 1 aliphatic heterocycles. The van der Waals surface area contributed by atoms with Gasteiger partial charge in [-0.2, -0.15) is 0 Å². The third-order valence-corrected chi connectivity index (χ3v) is 4.65. The minimum atomic E-state index is -1.37. The van der Waals surface area contributed by atoms with Crippen molar-refractivity contribution in [1.82, 2.24) is 5.32 Å². The number of aliphatic hydroxyl groups excluding tert-OH is 3. The molecule has 1 aromatic carbocycles. The van der Waals surface area contributed by atoms with Crippen molar-refractivity contribution in [1.29, 1.82) is 0 Å². The Bertz CT molecular complexity index is 593. The van der Waals surface area contributed by atoms with Gasteiger partial charge in [0.2, 0.25) is 0 Å². The lowest BCUT2D eigenvalue weighted by atomic mass is 9.88. The zero-order valence-corrected chi connectivity index (χ0v) is 12.9. The fraction of sp³-hybridized carbons (Fsp3) is 0.529. The molecule has 5 nitrogen and oxygen atoms in total. The van der Waals surface area contributed by atoms with Crippen LogP contribution in [-0.4, -0.2) is 59.4 Å². The Morgan fingerprint density at radius 1 is 1.22 bits per heavy atom. The fourth-order valence-corrected chi connectivity index (χ4v) is 3.23. The average Bonchev–Trinajstić information content (AvgIpc) is 3.02. The Morgan fingerprint density at radius 3 is 2.83 bits per heavy atom. The van der Waals surface area contributed by atoms with Gasteiger partial charge in [0.25, 0.3) is 0 Å². The predicted molar refractivity (Wildman–Crippen MR) is 86.2 cm³/mol. The second kappa shape index (κ2) is 6.97. The lowest BCUT2D eigenvalue weighted by Crippen LogP contribution is -2.54. The van der Waals surface area contributed by atoms with E-state index in [1.165, 1.54) is 22.9 Å². The molecule has 0 fully saturated rings. The summed E-state index contributed by atoms with van der Waals surface area (Å²) in [5.41, 5.74) is 3.80. The number of aliphatic hydroxyl groups is 3. The second-order valence-corrected chi connectivity index (χ2v) is 6.20. The van der Waals surface area contributed by atoms with Crippen LogP contribution in [0, 0.1) is 0 Å². The molecular weight excluding hydrogens is 299 g/mol. The molecular formula is C17H23FN2O3. The number of anilines is 1. The Morgan fingerprint density at radius 2 is 2.04 bits per heavy atom. The molecule has 0 saturated carbocycles. The standard InChI is InChI=1S/C17H23FN2O3/c18-9-12-8-14(16(22)17(23)15(12)21)20-5-3-10-1-2-11-4-6-19-13(11)7-10/h1-2,7-8,14-17,19-23H,3-6,9H2/t14-,15+,16+,17+/m1/s1. The molecule has 23 heavy (non-hydrogen) atoms. The first kappa shape index (κ1) is 16.4. The van der Waals surface area contributed by atoms with Crippen molar-refractivity contribution >= 4 is 5.69 Å². The quantitative estimate of drug-likeness (QED) is 0.498. The van der Waals surface area contributed by atoms with Gasteiger partial charge in [0.1, 0.15) is 25.0 Å². The van der Waals surface area contributed by atoms with Crippen molar-refractivity contribution in [2.75, 3.05) is 25.1 Å².